The molecule has 2 aromatic rings. The topological polar surface area (TPSA) is 101 Å². The number of benzene rings is 1. The fraction of sp³-hybridized carbons (Fsp3) is 0.294. The molecule has 0 spiro atoms. The van der Waals surface area contributed by atoms with Crippen LogP contribution in [0.2, 0.25) is 0 Å². The first kappa shape index (κ1) is 16.1. The van der Waals surface area contributed by atoms with E-state index in [9.17, 15) is 14.7 Å². The van der Waals surface area contributed by atoms with E-state index in [1.54, 1.807) is 24.3 Å². The Morgan fingerprint density at radius 2 is 2.04 bits per heavy atom. The van der Waals surface area contributed by atoms with Crippen LogP contribution in [0.3, 0.4) is 0 Å². The quantitative estimate of drug-likeness (QED) is 0.700. The third kappa shape index (κ3) is 3.75. The van der Waals surface area contributed by atoms with Gasteiger partial charge in [-0.3, -0.25) is 9.59 Å². The normalized spacial score (nSPS) is 13.7. The van der Waals surface area contributed by atoms with Crippen molar-refractivity contribution in [2.24, 2.45) is 0 Å². The Hall–Kier alpha value is -2.80. The average molecular weight is 330 g/mol. The molecule has 2 heterocycles. The van der Waals surface area contributed by atoms with Gasteiger partial charge in [-0.2, -0.15) is 0 Å². The molecule has 1 atom stereocenters. The van der Waals surface area contributed by atoms with Crippen molar-refractivity contribution in [2.45, 2.75) is 19.1 Å². The SMILES string of the molecule is O=C(NCc1ccco1)C(=O)NC[C@@H](O)c1ccc2c(c1)CCO2. The van der Waals surface area contributed by atoms with Crippen LogP contribution in [0.4, 0.5) is 0 Å². The lowest BCUT2D eigenvalue weighted by atomic mass is 10.0. The smallest absolute Gasteiger partial charge is 0.309 e. The van der Waals surface area contributed by atoms with Crippen molar-refractivity contribution >= 4 is 11.8 Å². The molecule has 0 aliphatic carbocycles. The van der Waals surface area contributed by atoms with E-state index in [-0.39, 0.29) is 13.1 Å². The van der Waals surface area contributed by atoms with Crippen LogP contribution in [-0.2, 0) is 22.6 Å². The van der Waals surface area contributed by atoms with E-state index < -0.39 is 17.9 Å². The van der Waals surface area contributed by atoms with E-state index in [4.69, 9.17) is 9.15 Å². The van der Waals surface area contributed by atoms with Crippen molar-refractivity contribution in [1.29, 1.82) is 0 Å². The van der Waals surface area contributed by atoms with Gasteiger partial charge in [-0.1, -0.05) is 6.07 Å². The lowest BCUT2D eigenvalue weighted by molar-refractivity contribution is -0.139. The third-order valence-electron chi connectivity index (χ3n) is 3.76. The van der Waals surface area contributed by atoms with Crippen LogP contribution in [0.5, 0.6) is 5.75 Å². The van der Waals surface area contributed by atoms with E-state index in [2.05, 4.69) is 10.6 Å². The Balaban J connectivity index is 1.47. The lowest BCUT2D eigenvalue weighted by Gasteiger charge is -2.13. The number of nitrogens with one attached hydrogen (secondary N) is 2. The maximum absolute atomic E-state index is 11.7. The fourth-order valence-electron chi connectivity index (χ4n) is 2.46. The maximum atomic E-state index is 11.7. The van der Waals surface area contributed by atoms with E-state index in [1.165, 1.54) is 6.26 Å². The van der Waals surface area contributed by atoms with Crippen LogP contribution in [0.25, 0.3) is 0 Å². The van der Waals surface area contributed by atoms with Gasteiger partial charge in [-0.05, 0) is 35.4 Å². The standard InChI is InChI=1S/C17H18N2O5/c20-14(11-3-4-15-12(8-11)5-7-24-15)10-19-17(22)16(21)18-9-13-2-1-6-23-13/h1-4,6,8,14,20H,5,7,9-10H2,(H,18,21)(H,19,22)/t14-/m1/s1. The number of aliphatic hydroxyl groups is 1. The van der Waals surface area contributed by atoms with Gasteiger partial charge in [0, 0.05) is 13.0 Å². The van der Waals surface area contributed by atoms with Crippen molar-refractivity contribution in [3.05, 3.63) is 53.5 Å². The molecular formula is C17H18N2O5. The predicted octanol–water partition coefficient (Wildman–Crippen LogP) is 0.680. The fourth-order valence-corrected chi connectivity index (χ4v) is 2.46. The monoisotopic (exact) mass is 330 g/mol. The van der Waals surface area contributed by atoms with E-state index in [1.807, 2.05) is 6.07 Å². The molecule has 0 radical (unpaired) electrons. The Bertz CT molecular complexity index is 727. The van der Waals surface area contributed by atoms with Crippen LogP contribution < -0.4 is 15.4 Å². The van der Waals surface area contributed by atoms with E-state index in [0.717, 1.165) is 17.7 Å². The van der Waals surface area contributed by atoms with Gasteiger partial charge in [-0.15, -0.1) is 0 Å². The van der Waals surface area contributed by atoms with Gasteiger partial charge in [0.25, 0.3) is 0 Å². The number of hydrogen-bond acceptors (Lipinski definition) is 5. The molecule has 0 unspecified atom stereocenters. The summed E-state index contributed by atoms with van der Waals surface area (Å²) in [6, 6.07) is 8.80. The lowest BCUT2D eigenvalue weighted by Crippen LogP contribution is -2.41. The number of furan rings is 1. The van der Waals surface area contributed by atoms with Gasteiger partial charge in [0.15, 0.2) is 0 Å². The number of aliphatic hydroxyl groups excluding tert-OH is 1. The first-order chi connectivity index (χ1) is 11.6. The minimum atomic E-state index is -0.891. The largest absolute Gasteiger partial charge is 0.493 e. The summed E-state index contributed by atoms with van der Waals surface area (Å²) in [4.78, 5) is 23.4. The summed E-state index contributed by atoms with van der Waals surface area (Å²) < 4.78 is 10.5. The molecule has 1 aromatic heterocycles. The van der Waals surface area contributed by atoms with Crippen LogP contribution >= 0.6 is 0 Å². The Kier molecular flexibility index (Phi) is 4.81. The van der Waals surface area contributed by atoms with Crippen LogP contribution in [-0.4, -0.2) is 30.1 Å². The Morgan fingerprint density at radius 3 is 2.83 bits per heavy atom. The maximum Gasteiger partial charge on any atom is 0.309 e. The first-order valence-corrected chi connectivity index (χ1v) is 7.65. The molecule has 3 rings (SSSR count). The predicted molar refractivity (Wildman–Crippen MR) is 84.2 cm³/mol. The van der Waals surface area contributed by atoms with Gasteiger partial charge in [0.2, 0.25) is 0 Å². The molecule has 1 aliphatic rings. The highest BCUT2D eigenvalue weighted by Crippen LogP contribution is 2.27. The molecule has 3 N–H and O–H groups in total. The van der Waals surface area contributed by atoms with E-state index in [0.29, 0.717) is 17.9 Å². The molecule has 0 saturated heterocycles. The molecule has 2 amide bonds. The van der Waals surface area contributed by atoms with Gasteiger partial charge in [0.1, 0.15) is 11.5 Å². The van der Waals surface area contributed by atoms with Crippen molar-refractivity contribution in [1.82, 2.24) is 10.6 Å². The summed E-state index contributed by atoms with van der Waals surface area (Å²) >= 11 is 0. The minimum Gasteiger partial charge on any atom is -0.493 e. The molecule has 0 saturated carbocycles. The van der Waals surface area contributed by atoms with Crippen LogP contribution in [0, 0.1) is 0 Å². The van der Waals surface area contributed by atoms with Gasteiger partial charge in [-0.25, -0.2) is 0 Å². The number of amides is 2. The number of rotatable bonds is 5. The molecule has 7 nitrogen and oxygen atoms in total. The summed E-state index contributed by atoms with van der Waals surface area (Å²) in [5, 5.41) is 15.0. The first-order valence-electron chi connectivity index (χ1n) is 7.65. The molecule has 24 heavy (non-hydrogen) atoms. The summed E-state index contributed by atoms with van der Waals surface area (Å²) in [7, 11) is 0. The molecular weight excluding hydrogens is 312 g/mol. The summed E-state index contributed by atoms with van der Waals surface area (Å²) in [6.07, 6.45) is 1.40. The second-order valence-electron chi connectivity index (χ2n) is 5.45. The molecule has 7 heteroatoms. The highest BCUT2D eigenvalue weighted by molar-refractivity contribution is 6.35. The van der Waals surface area contributed by atoms with Gasteiger partial charge >= 0.3 is 11.8 Å². The Labute approximate surface area is 138 Å². The molecule has 126 valence electrons. The summed E-state index contributed by atoms with van der Waals surface area (Å²) in [6.45, 7) is 0.723. The van der Waals surface area contributed by atoms with Crippen molar-refractivity contribution in [2.75, 3.05) is 13.2 Å². The zero-order valence-electron chi connectivity index (χ0n) is 13.0. The van der Waals surface area contributed by atoms with Crippen molar-refractivity contribution < 1.29 is 23.8 Å². The number of ether oxygens (including phenoxy) is 1. The minimum absolute atomic E-state index is 0.0490. The van der Waals surface area contributed by atoms with Crippen LogP contribution in [0.1, 0.15) is 23.0 Å². The molecule has 0 bridgehead atoms. The highest BCUT2D eigenvalue weighted by Gasteiger charge is 2.18. The van der Waals surface area contributed by atoms with E-state index >= 15 is 0 Å². The average Bonchev–Trinajstić information content (AvgIpc) is 3.27. The number of hydrogen-bond donors (Lipinski definition) is 3. The van der Waals surface area contributed by atoms with Crippen LogP contribution in [0.15, 0.2) is 41.0 Å². The number of carbonyl (C=O) groups is 2. The number of carbonyl (C=O) groups excluding carboxylic acids is 2. The van der Waals surface area contributed by atoms with Crippen molar-refractivity contribution in [3.63, 3.8) is 0 Å². The van der Waals surface area contributed by atoms with Gasteiger partial charge < -0.3 is 24.9 Å². The second kappa shape index (κ2) is 7.18. The number of fused-ring (bicyclic) bond motifs is 1. The van der Waals surface area contributed by atoms with Crippen molar-refractivity contribution in [3.8, 4) is 5.75 Å². The zero-order valence-corrected chi connectivity index (χ0v) is 13.0. The third-order valence-corrected chi connectivity index (χ3v) is 3.76. The highest BCUT2D eigenvalue weighted by atomic mass is 16.5. The second-order valence-corrected chi connectivity index (χ2v) is 5.45. The zero-order chi connectivity index (χ0) is 16.9. The molecule has 0 fully saturated rings. The van der Waals surface area contributed by atoms with Gasteiger partial charge in [0.05, 0.1) is 25.5 Å². The Morgan fingerprint density at radius 1 is 1.21 bits per heavy atom. The molecule has 1 aromatic carbocycles. The molecule has 1 aliphatic heterocycles. The summed E-state index contributed by atoms with van der Waals surface area (Å²) in [5.74, 6) is -0.199. The summed E-state index contributed by atoms with van der Waals surface area (Å²) in [5.41, 5.74) is 1.71.